The zero-order chi connectivity index (χ0) is 18.9. The van der Waals surface area contributed by atoms with E-state index in [-0.39, 0.29) is 0 Å². The maximum atomic E-state index is 12.8. The molecule has 8 heteroatoms. The van der Waals surface area contributed by atoms with Crippen LogP contribution in [-0.2, 0) is 39.2 Å². The van der Waals surface area contributed by atoms with Gasteiger partial charge in [0.25, 0.3) is 0 Å². The van der Waals surface area contributed by atoms with Crippen molar-refractivity contribution in [3.63, 3.8) is 0 Å². The molecular formula is C18H27O7P. The lowest BCUT2D eigenvalue weighted by Gasteiger charge is -2.31. The van der Waals surface area contributed by atoms with Gasteiger partial charge in [0.05, 0.1) is 12.3 Å². The summed E-state index contributed by atoms with van der Waals surface area (Å²) in [6.45, 7) is 5.81. The molecule has 0 aromatic heterocycles. The molecule has 2 fully saturated rings. The van der Waals surface area contributed by atoms with E-state index in [0.29, 0.717) is 6.61 Å². The summed E-state index contributed by atoms with van der Waals surface area (Å²) in [5.41, 5.74) is 0.487. The molecule has 2 heterocycles. The first-order chi connectivity index (χ1) is 12.3. The Balaban J connectivity index is 1.80. The zero-order valence-electron chi connectivity index (χ0n) is 15.8. The fourth-order valence-corrected chi connectivity index (χ4v) is 4.85. The summed E-state index contributed by atoms with van der Waals surface area (Å²) in [4.78, 5) is 0. The standard InChI is InChI=1S/C18H27O7P/c1-12(26(19,20-4)21-5)14-15(22-11-13-9-7-6-8-10-13)16-17(23-14)25-18(2,3)24-16/h6-10,12,14-17H,11H2,1-5H3/t12-,14-,15+,16-,17-/m1/s1. The average Bonchev–Trinajstić information content (AvgIpc) is 3.11. The minimum atomic E-state index is -3.34. The van der Waals surface area contributed by atoms with Crippen molar-refractivity contribution >= 4 is 7.60 Å². The Labute approximate surface area is 154 Å². The molecule has 3 rings (SSSR count). The SMILES string of the molecule is COP(=O)(OC)[C@H](C)[C@H]1O[C@@H]2OC(C)(C)O[C@@H]2[C@H]1OCc1ccccc1. The molecule has 0 N–H and O–H groups in total. The Morgan fingerprint density at radius 2 is 1.81 bits per heavy atom. The van der Waals surface area contributed by atoms with Crippen molar-refractivity contribution in [1.29, 1.82) is 0 Å². The molecule has 0 bridgehead atoms. The summed E-state index contributed by atoms with van der Waals surface area (Å²) in [7, 11) is -0.607. The lowest BCUT2D eigenvalue weighted by molar-refractivity contribution is -0.219. The smallest absolute Gasteiger partial charge is 0.335 e. The summed E-state index contributed by atoms with van der Waals surface area (Å²) < 4.78 is 47.1. The molecule has 0 spiro atoms. The molecule has 0 radical (unpaired) electrons. The van der Waals surface area contributed by atoms with E-state index < -0.39 is 43.6 Å². The topological polar surface area (TPSA) is 72.5 Å². The molecule has 5 atom stereocenters. The summed E-state index contributed by atoms with van der Waals surface area (Å²) >= 11 is 0. The van der Waals surface area contributed by atoms with Crippen LogP contribution in [-0.4, -0.2) is 50.3 Å². The third-order valence-electron chi connectivity index (χ3n) is 4.80. The number of hydrogen-bond donors (Lipinski definition) is 0. The van der Waals surface area contributed by atoms with Crippen LogP contribution in [0.25, 0.3) is 0 Å². The molecule has 1 aromatic rings. The van der Waals surface area contributed by atoms with E-state index in [4.69, 9.17) is 28.0 Å². The maximum Gasteiger partial charge on any atom is 0.335 e. The van der Waals surface area contributed by atoms with Crippen molar-refractivity contribution in [2.24, 2.45) is 0 Å². The molecule has 7 nitrogen and oxygen atoms in total. The number of hydrogen-bond acceptors (Lipinski definition) is 7. The van der Waals surface area contributed by atoms with Gasteiger partial charge in [0, 0.05) is 14.2 Å². The van der Waals surface area contributed by atoms with Crippen LogP contribution in [0.2, 0.25) is 0 Å². The van der Waals surface area contributed by atoms with Crippen LogP contribution in [0.15, 0.2) is 30.3 Å². The van der Waals surface area contributed by atoms with Crippen LogP contribution in [0.1, 0.15) is 26.3 Å². The second-order valence-corrected chi connectivity index (χ2v) is 9.60. The van der Waals surface area contributed by atoms with Crippen molar-refractivity contribution in [2.45, 2.75) is 63.4 Å². The summed E-state index contributed by atoms with van der Waals surface area (Å²) in [6.07, 6.45) is -2.00. The third kappa shape index (κ3) is 3.90. The normalized spacial score (nSPS) is 31.7. The van der Waals surface area contributed by atoms with E-state index in [1.807, 2.05) is 44.2 Å². The Hall–Kier alpha value is -0.790. The Bertz CT molecular complexity index is 642. The van der Waals surface area contributed by atoms with Gasteiger partial charge in [-0.15, -0.1) is 0 Å². The zero-order valence-corrected chi connectivity index (χ0v) is 16.7. The van der Waals surface area contributed by atoms with Crippen molar-refractivity contribution in [3.8, 4) is 0 Å². The molecular weight excluding hydrogens is 359 g/mol. The highest BCUT2D eigenvalue weighted by Crippen LogP contribution is 2.56. The minimum Gasteiger partial charge on any atom is -0.368 e. The van der Waals surface area contributed by atoms with Crippen molar-refractivity contribution in [2.75, 3.05) is 14.2 Å². The average molecular weight is 386 g/mol. The first kappa shape index (κ1) is 20.0. The fraction of sp³-hybridized carbons (Fsp3) is 0.667. The van der Waals surface area contributed by atoms with Gasteiger partial charge in [0.15, 0.2) is 12.1 Å². The van der Waals surface area contributed by atoms with Gasteiger partial charge in [0.1, 0.15) is 18.3 Å². The molecule has 0 aliphatic carbocycles. The highest BCUT2D eigenvalue weighted by Gasteiger charge is 2.59. The van der Waals surface area contributed by atoms with Crippen molar-refractivity contribution in [3.05, 3.63) is 35.9 Å². The van der Waals surface area contributed by atoms with Gasteiger partial charge in [-0.3, -0.25) is 4.57 Å². The van der Waals surface area contributed by atoms with Crippen LogP contribution in [0.4, 0.5) is 0 Å². The van der Waals surface area contributed by atoms with Gasteiger partial charge in [0.2, 0.25) is 0 Å². The van der Waals surface area contributed by atoms with Gasteiger partial charge < -0.3 is 28.0 Å². The molecule has 0 amide bonds. The van der Waals surface area contributed by atoms with Crippen molar-refractivity contribution in [1.82, 2.24) is 0 Å². The number of benzene rings is 1. The van der Waals surface area contributed by atoms with E-state index in [1.54, 1.807) is 6.92 Å². The maximum absolute atomic E-state index is 12.8. The highest BCUT2D eigenvalue weighted by molar-refractivity contribution is 7.54. The summed E-state index contributed by atoms with van der Waals surface area (Å²) in [6, 6.07) is 9.82. The second kappa shape index (κ2) is 7.68. The molecule has 0 unspecified atom stereocenters. The number of rotatable bonds is 7. The number of ether oxygens (including phenoxy) is 4. The third-order valence-corrected chi connectivity index (χ3v) is 7.10. The molecule has 1 aromatic carbocycles. The van der Waals surface area contributed by atoms with E-state index >= 15 is 0 Å². The van der Waals surface area contributed by atoms with E-state index in [9.17, 15) is 4.57 Å². The first-order valence-corrected chi connectivity index (χ1v) is 10.3. The Morgan fingerprint density at radius 3 is 2.42 bits per heavy atom. The van der Waals surface area contributed by atoms with Crippen molar-refractivity contribution < 1.29 is 32.6 Å². The predicted molar refractivity (Wildman–Crippen MR) is 94.8 cm³/mol. The van der Waals surface area contributed by atoms with Gasteiger partial charge in [-0.2, -0.15) is 0 Å². The molecule has 0 saturated carbocycles. The van der Waals surface area contributed by atoms with Crippen LogP contribution >= 0.6 is 7.60 Å². The molecule has 146 valence electrons. The molecule has 26 heavy (non-hydrogen) atoms. The van der Waals surface area contributed by atoms with Gasteiger partial charge in [-0.25, -0.2) is 0 Å². The fourth-order valence-electron chi connectivity index (χ4n) is 3.44. The van der Waals surface area contributed by atoms with Crippen LogP contribution in [0.5, 0.6) is 0 Å². The van der Waals surface area contributed by atoms with E-state index in [2.05, 4.69) is 0 Å². The molecule has 2 aliphatic heterocycles. The van der Waals surface area contributed by atoms with Crippen LogP contribution in [0, 0.1) is 0 Å². The Morgan fingerprint density at radius 1 is 1.15 bits per heavy atom. The largest absolute Gasteiger partial charge is 0.368 e. The highest BCUT2D eigenvalue weighted by atomic mass is 31.2. The molecule has 2 saturated heterocycles. The van der Waals surface area contributed by atoms with Crippen LogP contribution < -0.4 is 0 Å². The molecule has 2 aliphatic rings. The minimum absolute atomic E-state index is 0.384. The lowest BCUT2D eigenvalue weighted by atomic mass is 10.1. The first-order valence-electron chi connectivity index (χ1n) is 8.67. The Kier molecular flexibility index (Phi) is 5.89. The predicted octanol–water partition coefficient (Wildman–Crippen LogP) is 3.32. The van der Waals surface area contributed by atoms with Gasteiger partial charge >= 0.3 is 7.60 Å². The summed E-state index contributed by atoms with van der Waals surface area (Å²) in [5, 5.41) is 0. The summed E-state index contributed by atoms with van der Waals surface area (Å²) in [5.74, 6) is -0.760. The van der Waals surface area contributed by atoms with Crippen LogP contribution in [0.3, 0.4) is 0 Å². The number of fused-ring (bicyclic) bond motifs is 1. The van der Waals surface area contributed by atoms with Gasteiger partial charge in [-0.05, 0) is 26.3 Å². The van der Waals surface area contributed by atoms with E-state index in [1.165, 1.54) is 14.2 Å². The second-order valence-electron chi connectivity index (χ2n) is 6.98. The lowest BCUT2D eigenvalue weighted by Crippen LogP contribution is -2.41. The monoisotopic (exact) mass is 386 g/mol. The van der Waals surface area contributed by atoms with E-state index in [0.717, 1.165) is 5.56 Å². The quantitative estimate of drug-likeness (QED) is 0.666. The van der Waals surface area contributed by atoms with Gasteiger partial charge in [-0.1, -0.05) is 30.3 Å².